The smallest absolute Gasteiger partial charge is 0.300 e. The topological polar surface area (TPSA) is 185 Å². The number of nitrogens with zero attached hydrogens (tertiary/aromatic N) is 7. The number of nitrogens with two attached hydrogens (primary N) is 1. The molecular weight excluding hydrogens is 610 g/mol. The fraction of sp³-hybridized carbons (Fsp3) is 0.484. The number of aliphatic carboxylic acids is 2. The number of aromatic nitrogens is 5. The van der Waals surface area contributed by atoms with Crippen LogP contribution in [0.25, 0.3) is 22.3 Å². The molecule has 1 aliphatic heterocycles. The maximum absolute atomic E-state index is 9.00. The van der Waals surface area contributed by atoms with E-state index in [-0.39, 0.29) is 0 Å². The number of carbonyl (C=O) groups is 2. The summed E-state index contributed by atoms with van der Waals surface area (Å²) in [6.07, 6.45) is 7.88. The highest BCUT2D eigenvalue weighted by Crippen LogP contribution is 2.39. The normalized spacial score (nSPS) is 18.5. The fourth-order valence-corrected chi connectivity index (χ4v) is 6.36. The second-order valence-electron chi connectivity index (χ2n) is 11.3. The van der Waals surface area contributed by atoms with E-state index in [1.54, 1.807) is 24.8 Å². The van der Waals surface area contributed by atoms with Crippen LogP contribution in [0, 0.1) is 0 Å². The van der Waals surface area contributed by atoms with Gasteiger partial charge in [0.2, 0.25) is 0 Å². The largest absolute Gasteiger partial charge is 0.495 e. The van der Waals surface area contributed by atoms with Gasteiger partial charge in [-0.25, -0.2) is 19.6 Å². The Morgan fingerprint density at radius 1 is 1.02 bits per heavy atom. The van der Waals surface area contributed by atoms with Gasteiger partial charge in [0.1, 0.15) is 28.6 Å². The van der Waals surface area contributed by atoms with Gasteiger partial charge in [-0.05, 0) is 44.9 Å². The Labute approximate surface area is 272 Å². The van der Waals surface area contributed by atoms with Crippen molar-refractivity contribution < 1.29 is 24.5 Å². The number of nitrogens with one attached hydrogen (secondary N) is 1. The number of benzene rings is 1. The average molecular weight is 654 g/mol. The van der Waals surface area contributed by atoms with Crippen molar-refractivity contribution in [2.45, 2.75) is 58.2 Å². The summed E-state index contributed by atoms with van der Waals surface area (Å²) in [4.78, 5) is 36.4. The summed E-state index contributed by atoms with van der Waals surface area (Å²) in [7, 11) is 3.89. The second kappa shape index (κ2) is 16.3. The van der Waals surface area contributed by atoms with Crippen molar-refractivity contribution in [2.24, 2.45) is 0 Å². The molecule has 248 valence electrons. The number of likely N-dealkylation sites (N-methyl/N-ethyl adjacent to an activating group) is 1. The SMILES string of the molecule is CC(=O)O.CC(=O)O.COc1cc(-c2nn(C3CCC(N4CCN(C)CC4)CC3)c3ncnc(N)c23)ccc1NCc1nccs1. The number of methoxy groups -OCH3 is 1. The maximum atomic E-state index is 9.00. The molecule has 46 heavy (non-hydrogen) atoms. The third-order valence-corrected chi connectivity index (χ3v) is 8.75. The van der Waals surface area contributed by atoms with Crippen LogP contribution in [0.1, 0.15) is 50.6 Å². The molecule has 6 rings (SSSR count). The summed E-state index contributed by atoms with van der Waals surface area (Å²) < 4.78 is 7.84. The summed E-state index contributed by atoms with van der Waals surface area (Å²) in [5.41, 5.74) is 9.84. The van der Waals surface area contributed by atoms with Gasteiger partial charge in [0, 0.05) is 63.2 Å². The van der Waals surface area contributed by atoms with Crippen LogP contribution < -0.4 is 15.8 Å². The van der Waals surface area contributed by atoms with E-state index in [9.17, 15) is 0 Å². The predicted octanol–water partition coefficient (Wildman–Crippen LogP) is 4.07. The Bertz CT molecular complexity index is 1560. The Hall–Kier alpha value is -4.34. The van der Waals surface area contributed by atoms with Crippen LogP contribution in [0.3, 0.4) is 0 Å². The van der Waals surface area contributed by atoms with Crippen LogP contribution in [-0.4, -0.2) is 103 Å². The summed E-state index contributed by atoms with van der Waals surface area (Å²) in [6, 6.07) is 7.04. The van der Waals surface area contributed by atoms with Gasteiger partial charge in [0.15, 0.2) is 5.65 Å². The fourth-order valence-electron chi connectivity index (χ4n) is 5.80. The van der Waals surface area contributed by atoms with Crippen molar-refractivity contribution in [2.75, 3.05) is 51.4 Å². The number of carboxylic acids is 2. The minimum atomic E-state index is -0.833. The first kappa shape index (κ1) is 34.5. The molecule has 2 aliphatic rings. The van der Waals surface area contributed by atoms with Gasteiger partial charge in [-0.15, -0.1) is 11.3 Å². The number of anilines is 2. The first-order valence-electron chi connectivity index (χ1n) is 15.2. The standard InChI is InChI=1S/C27H35N9OS.2C2H4O2/c1-34-10-12-35(13-11-34)19-4-6-20(7-5-19)36-27-24(26(28)31-17-32-27)25(33-36)18-3-8-21(22(15-18)37-2)30-16-23-29-9-14-38-23;2*1-2(3)4/h3,8-9,14-15,17,19-20,30H,4-7,10-13,16H2,1-2H3,(H2,28,31,32);2*1H3,(H,3,4). The van der Waals surface area contributed by atoms with Crippen molar-refractivity contribution in [1.82, 2.24) is 34.5 Å². The molecular formula is C31H43N9O5S. The maximum Gasteiger partial charge on any atom is 0.300 e. The van der Waals surface area contributed by atoms with Crippen LogP contribution in [0.5, 0.6) is 5.75 Å². The predicted molar refractivity (Wildman–Crippen MR) is 178 cm³/mol. The average Bonchev–Trinajstić information content (AvgIpc) is 3.69. The third kappa shape index (κ3) is 9.11. The molecule has 2 fully saturated rings. The van der Waals surface area contributed by atoms with E-state index in [0.717, 1.165) is 78.5 Å². The number of fused-ring (bicyclic) bond motifs is 1. The van der Waals surface area contributed by atoms with Gasteiger partial charge in [-0.1, -0.05) is 6.07 Å². The highest BCUT2D eigenvalue weighted by atomic mass is 32.1. The molecule has 1 saturated carbocycles. The first-order valence-corrected chi connectivity index (χ1v) is 16.1. The Morgan fingerprint density at radius 2 is 1.67 bits per heavy atom. The molecule has 15 heteroatoms. The van der Waals surface area contributed by atoms with Crippen LogP contribution >= 0.6 is 11.3 Å². The highest BCUT2D eigenvalue weighted by Gasteiger charge is 2.30. The first-order chi connectivity index (χ1) is 22.1. The van der Waals surface area contributed by atoms with Crippen molar-refractivity contribution in [3.63, 3.8) is 0 Å². The van der Waals surface area contributed by atoms with Crippen LogP contribution in [-0.2, 0) is 16.1 Å². The van der Waals surface area contributed by atoms with Gasteiger partial charge in [-0.2, -0.15) is 5.10 Å². The Morgan fingerprint density at radius 3 is 2.28 bits per heavy atom. The van der Waals surface area contributed by atoms with Crippen LogP contribution in [0.4, 0.5) is 11.5 Å². The van der Waals surface area contributed by atoms with E-state index in [1.165, 1.54) is 25.9 Å². The number of hydrogen-bond donors (Lipinski definition) is 4. The lowest BCUT2D eigenvalue weighted by Gasteiger charge is -2.41. The van der Waals surface area contributed by atoms with E-state index in [4.69, 9.17) is 35.4 Å². The molecule has 0 amide bonds. The molecule has 0 spiro atoms. The van der Waals surface area contributed by atoms with Crippen molar-refractivity contribution in [3.05, 3.63) is 41.1 Å². The molecule has 14 nitrogen and oxygen atoms in total. The summed E-state index contributed by atoms with van der Waals surface area (Å²) in [5, 5.41) is 27.2. The molecule has 5 N–H and O–H groups in total. The number of rotatable bonds is 7. The molecule has 1 aromatic carbocycles. The minimum absolute atomic E-state index is 0.297. The van der Waals surface area contributed by atoms with Crippen molar-refractivity contribution >= 4 is 45.8 Å². The van der Waals surface area contributed by atoms with Gasteiger partial charge in [0.25, 0.3) is 11.9 Å². The second-order valence-corrected chi connectivity index (χ2v) is 12.3. The minimum Gasteiger partial charge on any atom is -0.495 e. The molecule has 4 aromatic rings. The highest BCUT2D eigenvalue weighted by molar-refractivity contribution is 7.09. The molecule has 3 aromatic heterocycles. The van der Waals surface area contributed by atoms with E-state index in [2.05, 4.69) is 47.9 Å². The monoisotopic (exact) mass is 653 g/mol. The molecule has 0 bridgehead atoms. The lowest BCUT2D eigenvalue weighted by atomic mass is 9.90. The Kier molecular flexibility index (Phi) is 12.2. The van der Waals surface area contributed by atoms with Crippen LogP contribution in [0.15, 0.2) is 36.1 Å². The van der Waals surface area contributed by atoms with Gasteiger partial charge < -0.3 is 30.9 Å². The lowest BCUT2D eigenvalue weighted by Crippen LogP contribution is -2.49. The third-order valence-electron chi connectivity index (χ3n) is 7.97. The number of thiazole rings is 1. The zero-order chi connectivity index (χ0) is 33.2. The molecule has 4 heterocycles. The van der Waals surface area contributed by atoms with E-state index in [1.807, 2.05) is 23.7 Å². The van der Waals surface area contributed by atoms with Crippen molar-refractivity contribution in [1.29, 1.82) is 0 Å². The number of carboxylic acid groups (broad SMARTS) is 2. The van der Waals surface area contributed by atoms with Gasteiger partial charge in [-0.3, -0.25) is 14.5 Å². The Balaban J connectivity index is 0.000000541. The van der Waals surface area contributed by atoms with E-state index < -0.39 is 11.9 Å². The van der Waals surface area contributed by atoms with Gasteiger partial charge >= 0.3 is 0 Å². The number of hydrogen-bond acceptors (Lipinski definition) is 12. The molecule has 0 atom stereocenters. The van der Waals surface area contributed by atoms with Gasteiger partial charge in [0.05, 0.1) is 30.8 Å². The zero-order valence-electron chi connectivity index (χ0n) is 26.7. The van der Waals surface area contributed by atoms with Crippen molar-refractivity contribution in [3.8, 4) is 17.0 Å². The number of piperazine rings is 1. The van der Waals surface area contributed by atoms with E-state index >= 15 is 0 Å². The number of ether oxygens (including phenoxy) is 1. The zero-order valence-corrected chi connectivity index (χ0v) is 27.5. The molecule has 1 saturated heterocycles. The lowest BCUT2D eigenvalue weighted by molar-refractivity contribution is -0.135. The number of nitrogen functional groups attached to an aromatic ring is 1. The summed E-state index contributed by atoms with van der Waals surface area (Å²) >= 11 is 1.62. The summed E-state index contributed by atoms with van der Waals surface area (Å²) in [5.74, 6) is -0.475. The summed E-state index contributed by atoms with van der Waals surface area (Å²) in [6.45, 7) is 7.46. The molecule has 0 radical (unpaired) electrons. The molecule has 0 unspecified atom stereocenters. The molecule has 1 aliphatic carbocycles. The quantitative estimate of drug-likeness (QED) is 0.224. The van der Waals surface area contributed by atoms with Crippen LogP contribution in [0.2, 0.25) is 0 Å². The van der Waals surface area contributed by atoms with E-state index in [0.29, 0.717) is 24.4 Å².